The topological polar surface area (TPSA) is 342 Å². The Hall–Kier alpha value is -8.33. The van der Waals surface area contributed by atoms with E-state index in [9.17, 15) is 56.9 Å². The molecule has 5 aliphatic heterocycles. The van der Waals surface area contributed by atoms with Crippen molar-refractivity contribution in [2.45, 2.75) is 189 Å². The van der Waals surface area contributed by atoms with E-state index in [1.807, 2.05) is 115 Å². The molecule has 29 heteroatoms. The number of nitrogens with zero attached hydrogens (tertiary/aromatic N) is 5. The number of unbranched alkanes of at least 4 members (excludes halogenated alkanes) is 5. The first-order valence-electron chi connectivity index (χ1n) is 41.7. The minimum absolute atomic E-state index is 0. The van der Waals surface area contributed by atoms with Gasteiger partial charge in [-0.2, -0.15) is 9.15 Å². The van der Waals surface area contributed by atoms with E-state index >= 15 is 0 Å². The van der Waals surface area contributed by atoms with Gasteiger partial charge in [-0.1, -0.05) is 134 Å². The average Bonchev–Trinajstić information content (AvgIpc) is 1.58. The normalized spacial score (nSPS) is 16.5. The molecule has 2 N–H and O–H groups in total. The number of hydrogen-bond acceptors (Lipinski definition) is 20. The van der Waals surface area contributed by atoms with Crippen LogP contribution < -0.4 is 48.8 Å². The molecule has 1 fully saturated rings. The van der Waals surface area contributed by atoms with Crippen LogP contribution in [-0.2, 0) is 80.9 Å². The van der Waals surface area contributed by atoms with Gasteiger partial charge in [0.1, 0.15) is 30.5 Å². The molecule has 5 heterocycles. The molecule has 0 aliphatic carbocycles. The van der Waals surface area contributed by atoms with Gasteiger partial charge >= 0.3 is 35.5 Å². The van der Waals surface area contributed by atoms with Gasteiger partial charge < -0.3 is 47.7 Å². The second-order valence-electron chi connectivity index (χ2n) is 33.0. The van der Waals surface area contributed by atoms with Crippen LogP contribution in [0, 0.1) is 0 Å². The van der Waals surface area contributed by atoms with Gasteiger partial charge in [0.05, 0.1) is 65.8 Å². The number of anilines is 2. The van der Waals surface area contributed by atoms with Crippen LogP contribution in [0.2, 0.25) is 0 Å². The Kier molecular flexibility index (Phi) is 40.2. The van der Waals surface area contributed by atoms with Gasteiger partial charge in [-0.25, -0.2) is 33.7 Å². The molecule has 1 amide bonds. The summed E-state index contributed by atoms with van der Waals surface area (Å²) in [5, 5.41) is 22.2. The van der Waals surface area contributed by atoms with E-state index < -0.39 is 63.1 Å². The van der Waals surface area contributed by atoms with Crippen molar-refractivity contribution in [2.75, 3.05) is 98.0 Å². The number of allylic oxidation sites excluding steroid dienone is 9. The summed E-state index contributed by atoms with van der Waals surface area (Å²) in [6, 6.07) is 46.5. The molecule has 0 saturated carbocycles. The van der Waals surface area contributed by atoms with Gasteiger partial charge in [0.15, 0.2) is 21.3 Å². The van der Waals surface area contributed by atoms with E-state index in [2.05, 4.69) is 154 Å². The molecule has 24 nitrogen and oxygen atoms in total. The number of amides is 1. The summed E-state index contributed by atoms with van der Waals surface area (Å²) in [7, 11) is -15.6. The van der Waals surface area contributed by atoms with Crippen molar-refractivity contribution < 1.29 is 125 Å². The van der Waals surface area contributed by atoms with Crippen molar-refractivity contribution in [3.63, 3.8) is 0 Å². The largest absolute Gasteiger partial charge is 1.00 e. The second kappa shape index (κ2) is 47.6. The van der Waals surface area contributed by atoms with Crippen LogP contribution in [0.4, 0.5) is 28.4 Å². The SMILES string of the molecule is C.C.CC(=O)N(/C=C/C=C/C1=[N+](CCCCS(=O)(=O)[O-])c2ccc3ccccc3c2C1(C)C)c1ccccc1.CC1(C)C(/C=C/C=C/C=C2/N(CCCCS(=O)(=O)[O-])c3ccc(OCCCCCC(=O)O)cc3C2(C)C)=[N+](CCCCS(=O)(=O)[O-])c2ccc3ccccc3c21.CC1=Nc2ccc(OCCCOCCCO)cc2C1(C)C.O=S1(=O)CCCOC1.[Na+]. The molecule has 1 saturated heterocycles. The van der Waals surface area contributed by atoms with Gasteiger partial charge in [0.2, 0.25) is 17.3 Å². The molecule has 0 spiro atoms. The zero-order valence-corrected chi connectivity index (χ0v) is 78.0. The number of carboxylic acid groups (broad SMARTS) is 1. The van der Waals surface area contributed by atoms with Crippen molar-refractivity contribution in [3.8, 4) is 11.5 Å². The number of benzene rings is 7. The minimum atomic E-state index is -4.31. The molecule has 0 radical (unpaired) electrons. The van der Waals surface area contributed by atoms with Crippen molar-refractivity contribution in [2.24, 2.45) is 4.99 Å². The van der Waals surface area contributed by atoms with E-state index in [0.717, 1.165) is 104 Å². The third kappa shape index (κ3) is 29.6. The first-order valence-corrected chi connectivity index (χ1v) is 48.3. The van der Waals surface area contributed by atoms with E-state index in [0.29, 0.717) is 103 Å². The number of para-hydroxylation sites is 1. The van der Waals surface area contributed by atoms with Crippen LogP contribution in [0.25, 0.3) is 21.5 Å². The summed E-state index contributed by atoms with van der Waals surface area (Å²) >= 11 is 0. The zero-order valence-electron chi connectivity index (χ0n) is 72.8. The predicted octanol–water partition coefficient (Wildman–Crippen LogP) is 14.6. The fraction of sp³-hybridized carbons (Fsp3) is 0.448. The summed E-state index contributed by atoms with van der Waals surface area (Å²) in [6.07, 6.45) is 24.6. The summed E-state index contributed by atoms with van der Waals surface area (Å²) in [4.78, 5) is 31.4. The van der Waals surface area contributed by atoms with E-state index in [1.54, 1.807) is 11.1 Å². The van der Waals surface area contributed by atoms with Gasteiger partial charge in [-0.3, -0.25) is 19.5 Å². The maximum atomic E-state index is 12.2. The number of carbonyl (C=O) groups is 2. The first-order chi connectivity index (χ1) is 57.8. The molecular formula is C96H126N5NaO19S4. The zero-order chi connectivity index (χ0) is 88.7. The molecule has 12 rings (SSSR count). The average molecular weight is 1810 g/mol. The Morgan fingerprint density at radius 1 is 0.576 bits per heavy atom. The number of rotatable bonds is 37. The summed E-state index contributed by atoms with van der Waals surface area (Å²) in [5.41, 5.74) is 12.9. The third-order valence-corrected chi connectivity index (χ3v) is 26.2. The number of aliphatic carboxylic acids is 1. The number of fused-ring (bicyclic) bond motifs is 8. The second-order valence-corrected chi connectivity index (χ2v) is 39.7. The Morgan fingerprint density at radius 2 is 1.09 bits per heavy atom. The van der Waals surface area contributed by atoms with Gasteiger partial charge in [-0.15, -0.1) is 0 Å². The van der Waals surface area contributed by atoms with Crippen molar-refractivity contribution in [3.05, 3.63) is 222 Å². The van der Waals surface area contributed by atoms with E-state index in [4.69, 9.17) is 29.2 Å². The summed E-state index contributed by atoms with van der Waals surface area (Å²) < 4.78 is 149. The smallest absolute Gasteiger partial charge is 0.748 e. The molecule has 0 atom stereocenters. The molecule has 125 heavy (non-hydrogen) atoms. The van der Waals surface area contributed by atoms with Crippen molar-refractivity contribution >= 4 is 119 Å². The van der Waals surface area contributed by atoms with E-state index in [-0.39, 0.29) is 104 Å². The van der Waals surface area contributed by atoms with Crippen LogP contribution in [0.15, 0.2) is 205 Å². The fourth-order valence-electron chi connectivity index (χ4n) is 16.0. The van der Waals surface area contributed by atoms with Crippen LogP contribution in [0.3, 0.4) is 0 Å². The molecule has 7 aromatic rings. The van der Waals surface area contributed by atoms with Crippen molar-refractivity contribution in [1.82, 2.24) is 0 Å². The van der Waals surface area contributed by atoms with Gasteiger partial charge in [0, 0.05) is 158 Å². The van der Waals surface area contributed by atoms with Crippen LogP contribution >= 0.6 is 0 Å². The standard InChI is InChI=1S/C43H54N2O9S2.C30H32N2O4S.C17H25NO3.C4H8O3S.2CH4.Na/c1-42(2)35-31-33(54-28-14-6-9-21-40(46)47)23-25-36(35)44(26-12-15-29-55(48,49)50)38(42)19-7-5-8-20-39-43(3,4)41-34-18-11-10-17-32(34)22-24-37(41)45(39)27-13-16-30-56(51,52)53;1-23(33)31(25-14-5-4-6-15-25)20-10-9-17-28-30(2,3)29-26-16-8-7-13-24(26)18-19-27(29)32(28)21-11-12-22-37(34,35)36;1-13-17(2,3)15-12-14(6-7-16(15)18-13)21-11-5-10-20-9-4-8-19;5-8(6)3-1-2-7-4-8;;;/h5,7-8,10-11,17-20,22-25,31H,6,9,12-16,21,26-30H2,1-4H3,(H2-,46,47,48,49,50,51,52,53);4-10,13-20H,11-12,21-22H2,1-3H3;6-7,12,19H,4-5,8-11H2,1-3H3;1-4H2;2*1H4;/q;;;;;;+1/p-1. The first kappa shape index (κ1) is 105. The molecule has 5 aliphatic rings. The van der Waals surface area contributed by atoms with Gasteiger partial charge in [-0.05, 0) is 198 Å². The molecule has 674 valence electrons. The Balaban J connectivity index is 0.000000298. The van der Waals surface area contributed by atoms with Gasteiger partial charge in [0.25, 0.3) is 0 Å². The molecule has 0 bridgehead atoms. The number of carbonyl (C=O) groups excluding carboxylic acids is 1. The quantitative estimate of drug-likeness (QED) is 0.0120. The number of sulfone groups is 1. The van der Waals surface area contributed by atoms with Crippen LogP contribution in [0.5, 0.6) is 11.5 Å². The fourth-order valence-corrected chi connectivity index (χ4v) is 18.7. The van der Waals surface area contributed by atoms with Crippen LogP contribution in [-0.4, -0.2) is 184 Å². The maximum absolute atomic E-state index is 12.2. The predicted molar refractivity (Wildman–Crippen MR) is 495 cm³/mol. The molecule has 7 aromatic carbocycles. The van der Waals surface area contributed by atoms with Crippen molar-refractivity contribution in [1.29, 1.82) is 0 Å². The number of aliphatic hydroxyl groups excluding tert-OH is 1. The number of ether oxygens (including phenoxy) is 4. The minimum Gasteiger partial charge on any atom is -0.748 e. The summed E-state index contributed by atoms with van der Waals surface area (Å²) in [6.45, 7) is 25.9. The Labute approximate surface area is 764 Å². The molecule has 0 aromatic heterocycles. The molecule has 0 unspecified atom stereocenters. The number of hydrogen-bond donors (Lipinski definition) is 2. The van der Waals surface area contributed by atoms with E-state index in [1.165, 1.54) is 29.0 Å². The number of aliphatic imine (C=N–C) groups is 1. The Bertz CT molecular complexity index is 5590. The third-order valence-electron chi connectivity index (χ3n) is 22.4. The maximum Gasteiger partial charge on any atom is 1.00 e. The number of aliphatic hydroxyl groups is 1. The van der Waals surface area contributed by atoms with Crippen LogP contribution in [0.1, 0.15) is 190 Å². The Morgan fingerprint density at radius 3 is 1.60 bits per heavy atom. The summed E-state index contributed by atoms with van der Waals surface area (Å²) in [5.74, 6) is -0.216. The molecular weight excluding hydrogens is 1680 g/mol. The number of carboxylic acids is 1. The monoisotopic (exact) mass is 1800 g/mol.